The lowest BCUT2D eigenvalue weighted by Gasteiger charge is -2.37. The second-order valence-corrected chi connectivity index (χ2v) is 8.07. The smallest absolute Gasteiger partial charge is 0.254 e. The van der Waals surface area contributed by atoms with Gasteiger partial charge in [0.15, 0.2) is 0 Å². The van der Waals surface area contributed by atoms with Crippen molar-refractivity contribution in [1.82, 2.24) is 9.58 Å². The Morgan fingerprint density at radius 2 is 1.57 bits per heavy atom. The highest BCUT2D eigenvalue weighted by molar-refractivity contribution is 6.06. The Kier molecular flexibility index (Phi) is 3.86. The summed E-state index contributed by atoms with van der Waals surface area (Å²) in [6.45, 7) is 4.07. The van der Waals surface area contributed by atoms with Crippen molar-refractivity contribution in [3.05, 3.63) is 65.5 Å². The van der Waals surface area contributed by atoms with Crippen LogP contribution in [0.1, 0.15) is 29.8 Å². The zero-order valence-electron chi connectivity index (χ0n) is 16.1. The third-order valence-electron chi connectivity index (χ3n) is 6.53. The maximum Gasteiger partial charge on any atom is 0.254 e. The largest absolute Gasteiger partial charge is 0.318 e. The van der Waals surface area contributed by atoms with Crippen LogP contribution in [0.15, 0.2) is 53.7 Å². The lowest BCUT2D eigenvalue weighted by Crippen LogP contribution is -2.38. The van der Waals surface area contributed by atoms with E-state index in [2.05, 4.69) is 34.0 Å². The number of rotatable bonds is 3. The molecule has 0 radical (unpaired) electrons. The van der Waals surface area contributed by atoms with E-state index < -0.39 is 0 Å². The molecule has 3 aliphatic carbocycles. The van der Waals surface area contributed by atoms with Crippen LogP contribution in [0.2, 0.25) is 0 Å². The van der Waals surface area contributed by atoms with Crippen LogP contribution in [-0.4, -0.2) is 27.6 Å². The van der Waals surface area contributed by atoms with Crippen molar-refractivity contribution in [1.29, 1.82) is 0 Å². The predicted octanol–water partition coefficient (Wildman–Crippen LogP) is 3.63. The van der Waals surface area contributed by atoms with E-state index >= 15 is 0 Å². The summed E-state index contributed by atoms with van der Waals surface area (Å²) in [6, 6.07) is 12.2. The van der Waals surface area contributed by atoms with Gasteiger partial charge in [0, 0.05) is 22.6 Å². The topological polar surface area (TPSA) is 54.7 Å². The first-order valence-corrected chi connectivity index (χ1v) is 9.91. The monoisotopic (exact) mass is 373 g/mol. The first-order chi connectivity index (χ1) is 13.6. The summed E-state index contributed by atoms with van der Waals surface area (Å²) < 4.78 is 2.15. The second kappa shape index (κ2) is 6.30. The minimum atomic E-state index is -0.217. The van der Waals surface area contributed by atoms with E-state index in [1.807, 2.05) is 38.1 Å². The predicted molar refractivity (Wildman–Crippen MR) is 107 cm³/mol. The van der Waals surface area contributed by atoms with Crippen molar-refractivity contribution in [3.63, 3.8) is 0 Å². The molecule has 2 aromatic rings. The van der Waals surface area contributed by atoms with Crippen LogP contribution in [0.3, 0.4) is 0 Å². The van der Waals surface area contributed by atoms with Crippen LogP contribution < -0.4 is 0 Å². The second-order valence-electron chi connectivity index (χ2n) is 8.07. The van der Waals surface area contributed by atoms with Crippen LogP contribution >= 0.6 is 0 Å². The number of hydrogen-bond donors (Lipinski definition) is 0. The van der Waals surface area contributed by atoms with Gasteiger partial charge in [0.25, 0.3) is 11.8 Å². The zero-order valence-corrected chi connectivity index (χ0v) is 16.1. The van der Waals surface area contributed by atoms with E-state index in [1.165, 1.54) is 0 Å². The Morgan fingerprint density at radius 1 is 0.964 bits per heavy atom. The molecule has 1 saturated carbocycles. The maximum absolute atomic E-state index is 12.9. The third kappa shape index (κ3) is 2.42. The number of imide groups is 1. The molecule has 0 unspecified atom stereocenters. The van der Waals surface area contributed by atoms with Crippen molar-refractivity contribution >= 4 is 18.0 Å². The number of fused-ring (bicyclic) bond motifs is 1. The highest BCUT2D eigenvalue weighted by Crippen LogP contribution is 2.49. The quantitative estimate of drug-likeness (QED) is 0.469. The molecule has 2 amide bonds. The maximum atomic E-state index is 12.9. The van der Waals surface area contributed by atoms with Crippen molar-refractivity contribution in [2.75, 3.05) is 0 Å². The first kappa shape index (κ1) is 17.2. The molecule has 4 aliphatic rings. The fraction of sp³-hybridized carbons (Fsp3) is 0.348. The van der Waals surface area contributed by atoms with Crippen LogP contribution in [0, 0.1) is 37.5 Å². The zero-order chi connectivity index (χ0) is 19.4. The van der Waals surface area contributed by atoms with Gasteiger partial charge >= 0.3 is 0 Å². The number of amides is 2. The highest BCUT2D eigenvalue weighted by atomic mass is 16.2. The van der Waals surface area contributed by atoms with Gasteiger partial charge in [-0.3, -0.25) is 9.59 Å². The summed E-state index contributed by atoms with van der Waals surface area (Å²) in [6.07, 6.45) is 7.90. The Labute approximate surface area is 164 Å². The van der Waals surface area contributed by atoms with Crippen LogP contribution in [0.25, 0.3) is 5.69 Å². The van der Waals surface area contributed by atoms with Gasteiger partial charge in [-0.25, -0.2) is 0 Å². The van der Waals surface area contributed by atoms with Gasteiger partial charge in [0.05, 0.1) is 18.1 Å². The standard InChI is InChI=1S/C23H23N3O2/c1-14-12-18(15(2)25(14)19-6-4-3-5-7-19)13-24-26-22(27)20-16-8-9-17(11-10-16)21(20)23(26)28/h3-9,12-13,16-17,20-21H,10-11H2,1-2H3/b24-13-/t16-,17-,20-,21+/m0/s1. The molecule has 1 aromatic heterocycles. The number of carbonyl (C=O) groups excluding carboxylic acids is 2. The van der Waals surface area contributed by atoms with E-state index in [1.54, 1.807) is 6.21 Å². The van der Waals surface area contributed by atoms with Crippen molar-refractivity contribution in [2.45, 2.75) is 26.7 Å². The normalized spacial score (nSPS) is 28.6. The number of aromatic nitrogens is 1. The molecule has 2 bridgehead atoms. The van der Waals surface area contributed by atoms with Gasteiger partial charge in [-0.05, 0) is 56.7 Å². The Morgan fingerprint density at radius 3 is 2.14 bits per heavy atom. The number of para-hydroxylation sites is 1. The summed E-state index contributed by atoms with van der Waals surface area (Å²) in [5, 5.41) is 5.48. The fourth-order valence-corrected chi connectivity index (χ4v) is 5.18. The van der Waals surface area contributed by atoms with Crippen molar-refractivity contribution in [2.24, 2.45) is 28.8 Å². The molecule has 2 fully saturated rings. The summed E-state index contributed by atoms with van der Waals surface area (Å²) >= 11 is 0. The van der Waals surface area contributed by atoms with Crippen molar-refractivity contribution in [3.8, 4) is 5.69 Å². The molecule has 5 nitrogen and oxygen atoms in total. The van der Waals surface area contributed by atoms with Gasteiger partial charge in [-0.1, -0.05) is 30.4 Å². The number of hydrogen-bond acceptors (Lipinski definition) is 3. The van der Waals surface area contributed by atoms with Gasteiger partial charge in [-0.2, -0.15) is 10.1 Å². The fourth-order valence-electron chi connectivity index (χ4n) is 5.18. The van der Waals surface area contributed by atoms with E-state index in [4.69, 9.17) is 0 Å². The van der Waals surface area contributed by atoms with E-state index in [0.717, 1.165) is 40.5 Å². The average molecular weight is 373 g/mol. The highest BCUT2D eigenvalue weighted by Gasteiger charge is 2.56. The lowest BCUT2D eigenvalue weighted by molar-refractivity contribution is -0.140. The summed E-state index contributed by atoms with van der Waals surface area (Å²) in [5.74, 6) is -0.329. The van der Waals surface area contributed by atoms with E-state index in [-0.39, 0.29) is 35.5 Å². The molecule has 1 aliphatic heterocycles. The number of nitrogens with zero attached hydrogens (tertiary/aromatic N) is 3. The number of carbonyl (C=O) groups is 2. The molecule has 5 heteroatoms. The van der Waals surface area contributed by atoms with E-state index in [0.29, 0.717) is 0 Å². The SMILES string of the molecule is Cc1cc(/C=N\N2C(=O)[C@@H]3[C@H](C2=O)[C@H]2C=C[C@H]3CC2)c(C)n1-c1ccccc1. The molecule has 1 saturated heterocycles. The van der Waals surface area contributed by atoms with Crippen LogP contribution in [-0.2, 0) is 9.59 Å². The number of hydrazone groups is 1. The van der Waals surface area contributed by atoms with Gasteiger partial charge in [0.2, 0.25) is 0 Å². The van der Waals surface area contributed by atoms with E-state index in [9.17, 15) is 9.59 Å². The molecule has 4 atom stereocenters. The Hall–Kier alpha value is -2.95. The number of allylic oxidation sites excluding steroid dienone is 2. The molecule has 28 heavy (non-hydrogen) atoms. The third-order valence-corrected chi connectivity index (χ3v) is 6.53. The molecular formula is C23H23N3O2. The Bertz CT molecular complexity index is 986. The summed E-state index contributed by atoms with van der Waals surface area (Å²) in [7, 11) is 0. The number of aryl methyl sites for hydroxylation is 1. The summed E-state index contributed by atoms with van der Waals surface area (Å²) in [4.78, 5) is 25.8. The van der Waals surface area contributed by atoms with Crippen LogP contribution in [0.5, 0.6) is 0 Å². The summed E-state index contributed by atoms with van der Waals surface area (Å²) in [5.41, 5.74) is 4.11. The Balaban J connectivity index is 1.45. The molecule has 6 rings (SSSR count). The first-order valence-electron chi connectivity index (χ1n) is 9.91. The minimum Gasteiger partial charge on any atom is -0.318 e. The average Bonchev–Trinajstić information content (AvgIpc) is 3.16. The van der Waals surface area contributed by atoms with Crippen molar-refractivity contribution < 1.29 is 9.59 Å². The lowest BCUT2D eigenvalue weighted by atomic mass is 9.63. The molecule has 142 valence electrons. The molecular weight excluding hydrogens is 350 g/mol. The molecule has 2 heterocycles. The molecule has 0 N–H and O–H groups in total. The van der Waals surface area contributed by atoms with Gasteiger partial charge in [0.1, 0.15) is 0 Å². The molecule has 0 spiro atoms. The molecule has 1 aromatic carbocycles. The van der Waals surface area contributed by atoms with Gasteiger partial charge < -0.3 is 4.57 Å². The minimum absolute atomic E-state index is 0.137. The van der Waals surface area contributed by atoms with Crippen LogP contribution in [0.4, 0.5) is 0 Å². The number of benzene rings is 1. The van der Waals surface area contributed by atoms with Gasteiger partial charge in [-0.15, -0.1) is 0 Å².